The van der Waals surface area contributed by atoms with Crippen LogP contribution in [0, 0.1) is 5.92 Å². The Morgan fingerprint density at radius 2 is 1.78 bits per heavy atom. The monoisotopic (exact) mass is 361 g/mol. The van der Waals surface area contributed by atoms with E-state index in [9.17, 15) is 4.79 Å². The first-order valence-corrected chi connectivity index (χ1v) is 9.79. The van der Waals surface area contributed by atoms with Crippen LogP contribution in [0.2, 0.25) is 0 Å². The minimum absolute atomic E-state index is 0.0176. The van der Waals surface area contributed by atoms with E-state index < -0.39 is 0 Å². The molecule has 0 radical (unpaired) electrons. The van der Waals surface area contributed by atoms with Crippen LogP contribution in [0.1, 0.15) is 45.6 Å². The summed E-state index contributed by atoms with van der Waals surface area (Å²) in [6.45, 7) is 5.07. The van der Waals surface area contributed by atoms with Gasteiger partial charge in [-0.25, -0.2) is 15.0 Å². The fourth-order valence-corrected chi connectivity index (χ4v) is 4.30. The normalized spacial score (nSPS) is 15.7. The van der Waals surface area contributed by atoms with E-state index in [0.717, 1.165) is 36.1 Å². The molecule has 138 valence electrons. The lowest BCUT2D eigenvalue weighted by molar-refractivity contribution is 0.497. The van der Waals surface area contributed by atoms with Crippen LogP contribution < -0.4 is 5.56 Å². The lowest BCUT2D eigenvalue weighted by Crippen LogP contribution is -2.24. The molecule has 0 bridgehead atoms. The molecule has 6 heteroatoms. The summed E-state index contributed by atoms with van der Waals surface area (Å²) in [5.41, 5.74) is 3.80. The van der Waals surface area contributed by atoms with Gasteiger partial charge in [-0.15, -0.1) is 0 Å². The lowest BCUT2D eigenvalue weighted by atomic mass is 10.2. The molecule has 1 aliphatic rings. The maximum atomic E-state index is 13.4. The molecule has 0 N–H and O–H groups in total. The Balaban J connectivity index is 1.89. The van der Waals surface area contributed by atoms with E-state index in [1.54, 1.807) is 6.33 Å². The first kappa shape index (κ1) is 16.4. The molecule has 0 aliphatic heterocycles. The van der Waals surface area contributed by atoms with E-state index in [1.165, 1.54) is 12.8 Å². The second-order valence-corrected chi connectivity index (χ2v) is 7.98. The van der Waals surface area contributed by atoms with Crippen molar-refractivity contribution in [1.82, 2.24) is 24.1 Å². The summed E-state index contributed by atoms with van der Waals surface area (Å²) < 4.78 is 3.89. The van der Waals surface area contributed by atoms with Crippen LogP contribution in [0.3, 0.4) is 0 Å². The minimum Gasteiger partial charge on any atom is -0.308 e. The molecule has 3 heterocycles. The Kier molecular flexibility index (Phi) is 3.74. The zero-order chi connectivity index (χ0) is 18.5. The molecule has 1 fully saturated rings. The Morgan fingerprint density at radius 3 is 2.48 bits per heavy atom. The van der Waals surface area contributed by atoms with Crippen LogP contribution in [-0.2, 0) is 6.54 Å². The van der Waals surface area contributed by atoms with Crippen molar-refractivity contribution in [3.05, 3.63) is 40.9 Å². The van der Waals surface area contributed by atoms with Crippen molar-refractivity contribution in [1.29, 1.82) is 0 Å². The van der Waals surface area contributed by atoms with Crippen LogP contribution in [0.4, 0.5) is 0 Å². The van der Waals surface area contributed by atoms with E-state index in [-0.39, 0.29) is 11.6 Å². The van der Waals surface area contributed by atoms with Crippen molar-refractivity contribution in [2.75, 3.05) is 0 Å². The first-order chi connectivity index (χ1) is 13.1. The van der Waals surface area contributed by atoms with Crippen molar-refractivity contribution in [2.24, 2.45) is 5.92 Å². The van der Waals surface area contributed by atoms with Gasteiger partial charge in [-0.2, -0.15) is 0 Å². The molecular weight excluding hydrogens is 338 g/mol. The highest BCUT2D eigenvalue weighted by Crippen LogP contribution is 2.30. The summed E-state index contributed by atoms with van der Waals surface area (Å²) in [5, 5.41) is 0.610. The van der Waals surface area contributed by atoms with Gasteiger partial charge in [-0.3, -0.25) is 9.36 Å². The van der Waals surface area contributed by atoms with Gasteiger partial charge in [-0.05, 0) is 30.9 Å². The van der Waals surface area contributed by atoms with Gasteiger partial charge in [0.05, 0.1) is 11.0 Å². The molecule has 1 aliphatic carbocycles. The SMILES string of the molecule is CC(C)Cn1c2nc3ccccc3nc2c2c(=O)n(C3CCCC3)cnc21. The minimum atomic E-state index is 0.0176. The second-order valence-electron chi connectivity index (χ2n) is 7.98. The topological polar surface area (TPSA) is 65.6 Å². The van der Waals surface area contributed by atoms with E-state index >= 15 is 0 Å². The Morgan fingerprint density at radius 1 is 1.07 bits per heavy atom. The van der Waals surface area contributed by atoms with Crippen LogP contribution in [0.15, 0.2) is 35.4 Å². The highest BCUT2D eigenvalue weighted by molar-refractivity contribution is 6.04. The average molecular weight is 361 g/mol. The van der Waals surface area contributed by atoms with Gasteiger partial charge < -0.3 is 4.57 Å². The third-order valence-electron chi connectivity index (χ3n) is 5.54. The summed E-state index contributed by atoms with van der Waals surface area (Å²) in [5.74, 6) is 0.413. The van der Waals surface area contributed by atoms with Crippen LogP contribution in [0.5, 0.6) is 0 Å². The standard InChI is InChI=1S/C21H23N5O/c1-13(2)11-25-19-17(21(27)26(12-22-19)14-7-3-4-8-14)18-20(25)24-16-10-6-5-9-15(16)23-18/h5-6,9-10,12-14H,3-4,7-8,11H2,1-2H3. The molecule has 0 atom stereocenters. The van der Waals surface area contributed by atoms with Crippen molar-refractivity contribution in [2.45, 2.75) is 52.1 Å². The third kappa shape index (κ3) is 2.54. The van der Waals surface area contributed by atoms with Crippen molar-refractivity contribution >= 4 is 33.2 Å². The lowest BCUT2D eigenvalue weighted by Gasteiger charge is -2.13. The Hall–Kier alpha value is -2.76. The second kappa shape index (κ2) is 6.15. The largest absolute Gasteiger partial charge is 0.308 e. The molecule has 4 aromatic rings. The quantitative estimate of drug-likeness (QED) is 0.552. The van der Waals surface area contributed by atoms with Gasteiger partial charge in [0.25, 0.3) is 5.56 Å². The summed E-state index contributed by atoms with van der Waals surface area (Å²) in [4.78, 5) is 27.8. The summed E-state index contributed by atoms with van der Waals surface area (Å²) in [6, 6.07) is 8.07. The highest BCUT2D eigenvalue weighted by atomic mass is 16.1. The zero-order valence-electron chi connectivity index (χ0n) is 15.7. The number of para-hydroxylation sites is 2. The van der Waals surface area contributed by atoms with Gasteiger partial charge in [0.2, 0.25) is 0 Å². The molecule has 6 nitrogen and oxygen atoms in total. The van der Waals surface area contributed by atoms with Crippen molar-refractivity contribution < 1.29 is 0 Å². The first-order valence-electron chi connectivity index (χ1n) is 9.79. The van der Waals surface area contributed by atoms with E-state index in [1.807, 2.05) is 28.8 Å². The molecule has 0 unspecified atom stereocenters. The molecule has 0 amide bonds. The molecular formula is C21H23N5O. The van der Waals surface area contributed by atoms with Crippen LogP contribution >= 0.6 is 0 Å². The number of nitrogens with zero attached hydrogens (tertiary/aromatic N) is 5. The maximum absolute atomic E-state index is 13.4. The predicted molar refractivity (Wildman–Crippen MR) is 107 cm³/mol. The number of hydrogen-bond acceptors (Lipinski definition) is 4. The van der Waals surface area contributed by atoms with Gasteiger partial charge in [0.1, 0.15) is 17.2 Å². The number of aromatic nitrogens is 5. The number of rotatable bonds is 3. The molecule has 27 heavy (non-hydrogen) atoms. The third-order valence-corrected chi connectivity index (χ3v) is 5.54. The van der Waals surface area contributed by atoms with Gasteiger partial charge in [0.15, 0.2) is 11.3 Å². The fraction of sp³-hybridized carbons (Fsp3) is 0.429. The molecule has 3 aromatic heterocycles. The van der Waals surface area contributed by atoms with Gasteiger partial charge in [0, 0.05) is 12.6 Å². The Bertz CT molecular complexity index is 1210. The number of hydrogen-bond donors (Lipinski definition) is 0. The average Bonchev–Trinajstić information content (AvgIpc) is 3.28. The van der Waals surface area contributed by atoms with E-state index in [4.69, 9.17) is 15.0 Å². The predicted octanol–water partition coefficient (Wildman–Crippen LogP) is 4.07. The summed E-state index contributed by atoms with van der Waals surface area (Å²) in [6.07, 6.45) is 6.18. The maximum Gasteiger partial charge on any atom is 0.265 e. The van der Waals surface area contributed by atoms with Gasteiger partial charge in [-0.1, -0.05) is 38.8 Å². The van der Waals surface area contributed by atoms with Crippen LogP contribution in [-0.4, -0.2) is 24.1 Å². The van der Waals surface area contributed by atoms with Crippen molar-refractivity contribution in [3.8, 4) is 0 Å². The van der Waals surface area contributed by atoms with E-state index in [0.29, 0.717) is 22.5 Å². The molecule has 0 saturated heterocycles. The smallest absolute Gasteiger partial charge is 0.265 e. The Labute approximate surface area is 156 Å². The van der Waals surface area contributed by atoms with E-state index in [2.05, 4.69) is 18.4 Å². The number of benzene rings is 1. The molecule has 5 rings (SSSR count). The molecule has 0 spiro atoms. The number of fused-ring (bicyclic) bond motifs is 4. The summed E-state index contributed by atoms with van der Waals surface area (Å²) >= 11 is 0. The molecule has 1 aromatic carbocycles. The zero-order valence-corrected chi connectivity index (χ0v) is 15.7. The molecule has 1 saturated carbocycles. The highest BCUT2D eigenvalue weighted by Gasteiger charge is 2.24. The van der Waals surface area contributed by atoms with Gasteiger partial charge >= 0.3 is 0 Å². The summed E-state index contributed by atoms with van der Waals surface area (Å²) in [7, 11) is 0. The van der Waals surface area contributed by atoms with Crippen LogP contribution in [0.25, 0.3) is 33.2 Å². The fourth-order valence-electron chi connectivity index (χ4n) is 4.30. The van der Waals surface area contributed by atoms with Crippen molar-refractivity contribution in [3.63, 3.8) is 0 Å².